The highest BCUT2D eigenvalue weighted by Gasteiger charge is 2.32. The molecule has 6 heteroatoms. The predicted molar refractivity (Wildman–Crippen MR) is 98.2 cm³/mol. The Balaban J connectivity index is 1.85. The Hall–Kier alpha value is -1.11. The van der Waals surface area contributed by atoms with Crippen molar-refractivity contribution in [2.24, 2.45) is 5.41 Å². The third-order valence-electron chi connectivity index (χ3n) is 5.46. The number of aliphatic hydroxyl groups excluding tert-OH is 1. The van der Waals surface area contributed by atoms with Gasteiger partial charge in [-0.1, -0.05) is 44.2 Å². The summed E-state index contributed by atoms with van der Waals surface area (Å²) in [5, 5.41) is 13.4. The number of hydrogen-bond acceptors (Lipinski definition) is 3. The minimum atomic E-state index is -4.08. The van der Waals surface area contributed by atoms with E-state index in [4.69, 9.17) is 0 Å². The molecule has 1 aromatic rings. The van der Waals surface area contributed by atoms with E-state index in [0.29, 0.717) is 19.1 Å². The van der Waals surface area contributed by atoms with Crippen molar-refractivity contribution in [1.29, 1.82) is 0 Å². The van der Waals surface area contributed by atoms with Crippen molar-refractivity contribution in [1.82, 2.24) is 10.2 Å². The quantitative estimate of drug-likeness (QED) is 0.729. The zero-order valence-electron chi connectivity index (χ0n) is 15.7. The van der Waals surface area contributed by atoms with Crippen molar-refractivity contribution in [3.63, 3.8) is 0 Å². The molecule has 2 rings (SSSR count). The summed E-state index contributed by atoms with van der Waals surface area (Å²) in [6.45, 7) is 6.48. The number of piperidine rings is 1. The fourth-order valence-corrected chi connectivity index (χ4v) is 3.57. The predicted octanol–water partition coefficient (Wildman–Crippen LogP) is 3.80. The number of benzene rings is 1. The van der Waals surface area contributed by atoms with Gasteiger partial charge in [0, 0.05) is 31.7 Å². The highest BCUT2D eigenvalue weighted by atomic mass is 19.4. The van der Waals surface area contributed by atoms with Crippen LogP contribution in [0.3, 0.4) is 0 Å². The van der Waals surface area contributed by atoms with Crippen LogP contribution in [0, 0.1) is 5.41 Å². The average Bonchev–Trinajstić information content (AvgIpc) is 2.61. The standard InChI is InChI=1S/C20H31F3N2O/c1-19(2,15-26)18(16-6-4-3-5-7-16)14-24-17-8-11-25(12-9-17)13-10-20(21,22)23/h3-7,17-18,24,26H,8-15H2,1-2H3. The summed E-state index contributed by atoms with van der Waals surface area (Å²) in [6, 6.07) is 10.5. The van der Waals surface area contributed by atoms with Crippen LogP contribution in [0.25, 0.3) is 0 Å². The normalized spacial score (nSPS) is 18.8. The molecule has 1 heterocycles. The lowest BCUT2D eigenvalue weighted by Gasteiger charge is -2.37. The largest absolute Gasteiger partial charge is 0.396 e. The van der Waals surface area contributed by atoms with Gasteiger partial charge in [-0.3, -0.25) is 0 Å². The second-order valence-corrected chi connectivity index (χ2v) is 8.00. The van der Waals surface area contributed by atoms with Crippen molar-refractivity contribution < 1.29 is 18.3 Å². The summed E-state index contributed by atoms with van der Waals surface area (Å²) in [5.41, 5.74) is 0.948. The van der Waals surface area contributed by atoms with Crippen molar-refractivity contribution >= 4 is 0 Å². The third-order valence-corrected chi connectivity index (χ3v) is 5.46. The maximum Gasteiger partial charge on any atom is 0.390 e. The van der Waals surface area contributed by atoms with Gasteiger partial charge in [-0.15, -0.1) is 0 Å². The number of rotatable bonds is 8. The third kappa shape index (κ3) is 6.56. The van der Waals surface area contributed by atoms with Crippen LogP contribution in [0.1, 0.15) is 44.6 Å². The number of nitrogens with one attached hydrogen (secondary N) is 1. The maximum atomic E-state index is 12.3. The lowest BCUT2D eigenvalue weighted by atomic mass is 9.75. The molecule has 3 nitrogen and oxygen atoms in total. The molecule has 1 saturated heterocycles. The Labute approximate surface area is 154 Å². The van der Waals surface area contributed by atoms with Crippen molar-refractivity contribution in [2.45, 2.75) is 51.2 Å². The molecule has 0 aliphatic carbocycles. The molecule has 0 radical (unpaired) electrons. The zero-order chi connectivity index (χ0) is 19.2. The molecule has 1 atom stereocenters. The van der Waals surface area contributed by atoms with Gasteiger partial charge in [0.2, 0.25) is 0 Å². The van der Waals surface area contributed by atoms with Crippen LogP contribution in [0.5, 0.6) is 0 Å². The SMILES string of the molecule is CC(C)(CO)C(CNC1CCN(CCC(F)(F)F)CC1)c1ccccc1. The minimum absolute atomic E-state index is 0.0976. The van der Waals surface area contributed by atoms with E-state index in [9.17, 15) is 18.3 Å². The summed E-state index contributed by atoms with van der Waals surface area (Å²) in [7, 11) is 0. The lowest BCUT2D eigenvalue weighted by molar-refractivity contribution is -0.138. The van der Waals surface area contributed by atoms with Crippen LogP contribution in [-0.4, -0.2) is 55.0 Å². The van der Waals surface area contributed by atoms with E-state index < -0.39 is 12.6 Å². The minimum Gasteiger partial charge on any atom is -0.396 e. The number of aliphatic hydroxyl groups is 1. The topological polar surface area (TPSA) is 35.5 Å². The van der Waals surface area contributed by atoms with Crippen LogP contribution in [0.2, 0.25) is 0 Å². The molecular weight excluding hydrogens is 341 g/mol. The Bertz CT molecular complexity index is 526. The van der Waals surface area contributed by atoms with E-state index in [0.717, 1.165) is 19.4 Å². The van der Waals surface area contributed by atoms with Crippen LogP contribution >= 0.6 is 0 Å². The van der Waals surface area contributed by atoms with E-state index in [2.05, 4.69) is 31.3 Å². The van der Waals surface area contributed by atoms with Gasteiger partial charge >= 0.3 is 6.18 Å². The molecule has 2 N–H and O–H groups in total. The van der Waals surface area contributed by atoms with Gasteiger partial charge < -0.3 is 15.3 Å². The van der Waals surface area contributed by atoms with Gasteiger partial charge in [0.1, 0.15) is 0 Å². The number of alkyl halides is 3. The number of halogens is 3. The molecule has 0 aromatic heterocycles. The molecule has 1 fully saturated rings. The molecule has 148 valence electrons. The van der Waals surface area contributed by atoms with Crippen molar-refractivity contribution in [3.8, 4) is 0 Å². The lowest BCUT2D eigenvalue weighted by Crippen LogP contribution is -2.45. The smallest absolute Gasteiger partial charge is 0.390 e. The van der Waals surface area contributed by atoms with Gasteiger partial charge in [0.05, 0.1) is 6.42 Å². The van der Waals surface area contributed by atoms with E-state index >= 15 is 0 Å². The Morgan fingerprint density at radius 3 is 2.31 bits per heavy atom. The fraction of sp³-hybridized carbons (Fsp3) is 0.700. The molecule has 1 unspecified atom stereocenters. The highest BCUT2D eigenvalue weighted by molar-refractivity contribution is 5.22. The number of likely N-dealkylation sites (tertiary alicyclic amines) is 1. The van der Waals surface area contributed by atoms with Crippen LogP contribution in [0.15, 0.2) is 30.3 Å². The average molecular weight is 372 g/mol. The second-order valence-electron chi connectivity index (χ2n) is 8.00. The van der Waals surface area contributed by atoms with Gasteiger partial charge in [-0.2, -0.15) is 13.2 Å². The second kappa shape index (κ2) is 9.20. The molecule has 0 saturated carbocycles. The van der Waals surface area contributed by atoms with Crippen LogP contribution < -0.4 is 5.32 Å². The Morgan fingerprint density at radius 2 is 1.77 bits per heavy atom. The van der Waals surface area contributed by atoms with Crippen LogP contribution in [0.4, 0.5) is 13.2 Å². The fourth-order valence-electron chi connectivity index (χ4n) is 3.57. The van der Waals surface area contributed by atoms with E-state index in [1.807, 2.05) is 23.1 Å². The molecular formula is C20H31F3N2O. The molecule has 1 aliphatic rings. The summed E-state index contributed by atoms with van der Waals surface area (Å²) in [5.74, 6) is 0.178. The van der Waals surface area contributed by atoms with Crippen LogP contribution in [-0.2, 0) is 0 Å². The zero-order valence-corrected chi connectivity index (χ0v) is 15.7. The highest BCUT2D eigenvalue weighted by Crippen LogP contribution is 2.34. The van der Waals surface area contributed by atoms with Crippen molar-refractivity contribution in [2.75, 3.05) is 32.8 Å². The molecule has 26 heavy (non-hydrogen) atoms. The van der Waals surface area contributed by atoms with Gasteiger partial charge in [0.25, 0.3) is 0 Å². The first-order valence-corrected chi connectivity index (χ1v) is 9.39. The van der Waals surface area contributed by atoms with Gasteiger partial charge in [0.15, 0.2) is 0 Å². The summed E-state index contributed by atoms with van der Waals surface area (Å²) < 4.78 is 37.0. The van der Waals surface area contributed by atoms with E-state index in [1.54, 1.807) is 0 Å². The van der Waals surface area contributed by atoms with E-state index in [1.165, 1.54) is 5.56 Å². The molecule has 1 aromatic carbocycles. The molecule has 1 aliphatic heterocycles. The first kappa shape index (κ1) is 21.2. The van der Waals surface area contributed by atoms with Gasteiger partial charge in [-0.05, 0) is 36.9 Å². The summed E-state index contributed by atoms with van der Waals surface area (Å²) in [6.07, 6.45) is -3.09. The monoisotopic (exact) mass is 372 g/mol. The first-order valence-electron chi connectivity index (χ1n) is 9.39. The van der Waals surface area contributed by atoms with Crippen molar-refractivity contribution in [3.05, 3.63) is 35.9 Å². The number of hydrogen-bond donors (Lipinski definition) is 2. The Kier molecular flexibility index (Phi) is 7.50. The molecule has 0 amide bonds. The first-order chi connectivity index (χ1) is 12.2. The number of nitrogens with zero attached hydrogens (tertiary/aromatic N) is 1. The van der Waals surface area contributed by atoms with Gasteiger partial charge in [-0.25, -0.2) is 0 Å². The molecule has 0 spiro atoms. The maximum absolute atomic E-state index is 12.3. The summed E-state index contributed by atoms with van der Waals surface area (Å²) >= 11 is 0. The Morgan fingerprint density at radius 1 is 1.15 bits per heavy atom. The van der Waals surface area contributed by atoms with E-state index in [-0.39, 0.29) is 24.5 Å². The summed E-state index contributed by atoms with van der Waals surface area (Å²) in [4.78, 5) is 1.90. The molecule has 0 bridgehead atoms.